The highest BCUT2D eigenvalue weighted by Gasteiger charge is 2.24. The van der Waals surface area contributed by atoms with Crippen LogP contribution in [0.4, 0.5) is 10.5 Å². The van der Waals surface area contributed by atoms with Crippen LogP contribution in [0, 0.1) is 0 Å². The SMILES string of the molecule is CC(C)n1ccc(S(=O)(=O)NC(=O)Nc2c(-c3ccnc(CO)c3)ccc3c2CCC3)n1. The summed E-state index contributed by atoms with van der Waals surface area (Å²) in [6.45, 7) is 3.55. The Hall–Kier alpha value is -3.24. The lowest BCUT2D eigenvalue weighted by Gasteiger charge is -2.17. The Morgan fingerprint density at radius 2 is 2.03 bits per heavy atom. The van der Waals surface area contributed by atoms with Crippen molar-refractivity contribution in [1.29, 1.82) is 0 Å². The number of benzene rings is 1. The van der Waals surface area contributed by atoms with Crippen LogP contribution in [0.3, 0.4) is 0 Å². The summed E-state index contributed by atoms with van der Waals surface area (Å²) in [6, 6.07) is 7.94. The van der Waals surface area contributed by atoms with Crippen molar-refractivity contribution in [2.24, 2.45) is 0 Å². The smallest absolute Gasteiger partial charge is 0.333 e. The molecule has 3 aromatic rings. The van der Waals surface area contributed by atoms with Gasteiger partial charge in [0.15, 0.2) is 5.03 Å². The summed E-state index contributed by atoms with van der Waals surface area (Å²) in [6.07, 6.45) is 5.78. The van der Waals surface area contributed by atoms with Gasteiger partial charge in [-0.1, -0.05) is 12.1 Å². The summed E-state index contributed by atoms with van der Waals surface area (Å²) in [7, 11) is -4.13. The quantitative estimate of drug-likeness (QED) is 0.524. The Kier molecular flexibility index (Phi) is 5.98. The summed E-state index contributed by atoms with van der Waals surface area (Å²) >= 11 is 0. The lowest BCUT2D eigenvalue weighted by molar-refractivity contribution is 0.256. The van der Waals surface area contributed by atoms with Gasteiger partial charge in [-0.05, 0) is 68.0 Å². The van der Waals surface area contributed by atoms with E-state index in [1.165, 1.54) is 10.7 Å². The van der Waals surface area contributed by atoms with Gasteiger partial charge in [0.05, 0.1) is 18.0 Å². The third-order valence-corrected chi connectivity index (χ3v) is 6.65. The molecule has 0 fully saturated rings. The van der Waals surface area contributed by atoms with Crippen LogP contribution < -0.4 is 10.0 Å². The minimum atomic E-state index is -4.13. The van der Waals surface area contributed by atoms with Crippen molar-refractivity contribution < 1.29 is 18.3 Å². The molecule has 0 unspecified atom stereocenters. The molecule has 0 saturated heterocycles. The number of rotatable bonds is 6. The molecule has 4 rings (SSSR count). The van der Waals surface area contributed by atoms with Crippen molar-refractivity contribution in [3.05, 3.63) is 59.5 Å². The highest BCUT2D eigenvalue weighted by atomic mass is 32.2. The Labute approximate surface area is 186 Å². The fourth-order valence-electron chi connectivity index (χ4n) is 3.85. The molecule has 168 valence electrons. The predicted molar refractivity (Wildman–Crippen MR) is 120 cm³/mol. The van der Waals surface area contributed by atoms with Crippen LogP contribution in [0.5, 0.6) is 0 Å². The molecule has 2 amide bonds. The van der Waals surface area contributed by atoms with Crippen molar-refractivity contribution in [3.8, 4) is 11.1 Å². The molecule has 0 bridgehead atoms. The Bertz CT molecular complexity index is 1270. The fourth-order valence-corrected chi connectivity index (χ4v) is 4.69. The first kappa shape index (κ1) is 22.0. The van der Waals surface area contributed by atoms with E-state index in [0.29, 0.717) is 11.4 Å². The van der Waals surface area contributed by atoms with Gasteiger partial charge in [-0.15, -0.1) is 0 Å². The highest BCUT2D eigenvalue weighted by molar-refractivity contribution is 7.90. The first-order valence-electron chi connectivity index (χ1n) is 10.4. The topological polar surface area (TPSA) is 126 Å². The van der Waals surface area contributed by atoms with E-state index < -0.39 is 16.1 Å². The fraction of sp³-hybridized carbons (Fsp3) is 0.318. The van der Waals surface area contributed by atoms with Crippen LogP contribution in [-0.2, 0) is 29.5 Å². The molecule has 0 atom stereocenters. The molecule has 1 aliphatic carbocycles. The molecule has 10 heteroatoms. The number of aliphatic hydroxyl groups is 1. The van der Waals surface area contributed by atoms with Crippen LogP contribution in [0.25, 0.3) is 11.1 Å². The molecule has 0 aliphatic heterocycles. The van der Waals surface area contributed by atoms with Gasteiger partial charge in [-0.3, -0.25) is 9.67 Å². The molecule has 0 spiro atoms. The predicted octanol–water partition coefficient (Wildman–Crippen LogP) is 3.02. The van der Waals surface area contributed by atoms with Gasteiger partial charge in [0.25, 0.3) is 10.0 Å². The number of anilines is 1. The zero-order chi connectivity index (χ0) is 22.9. The molecule has 0 radical (unpaired) electrons. The largest absolute Gasteiger partial charge is 0.390 e. The molecule has 9 nitrogen and oxygen atoms in total. The van der Waals surface area contributed by atoms with E-state index >= 15 is 0 Å². The van der Waals surface area contributed by atoms with E-state index in [-0.39, 0.29) is 17.7 Å². The second kappa shape index (κ2) is 8.71. The zero-order valence-corrected chi connectivity index (χ0v) is 18.7. The van der Waals surface area contributed by atoms with Gasteiger partial charge < -0.3 is 10.4 Å². The van der Waals surface area contributed by atoms with Crippen molar-refractivity contribution in [1.82, 2.24) is 19.5 Å². The lowest BCUT2D eigenvalue weighted by Crippen LogP contribution is -2.35. The number of aromatic nitrogens is 3. The average Bonchev–Trinajstić information content (AvgIpc) is 3.44. The minimum absolute atomic E-state index is 0.00795. The van der Waals surface area contributed by atoms with E-state index in [1.54, 1.807) is 24.5 Å². The second-order valence-electron chi connectivity index (χ2n) is 7.96. The number of nitrogens with one attached hydrogen (secondary N) is 2. The van der Waals surface area contributed by atoms with Gasteiger partial charge >= 0.3 is 6.03 Å². The maximum Gasteiger partial charge on any atom is 0.333 e. The van der Waals surface area contributed by atoms with Crippen LogP contribution in [0.1, 0.15) is 43.1 Å². The number of amides is 2. The number of hydrogen-bond donors (Lipinski definition) is 3. The normalized spacial score (nSPS) is 13.2. The number of nitrogens with zero attached hydrogens (tertiary/aromatic N) is 3. The maximum absolute atomic E-state index is 12.8. The van der Waals surface area contributed by atoms with Crippen LogP contribution in [-0.4, -0.2) is 34.3 Å². The van der Waals surface area contributed by atoms with E-state index in [2.05, 4.69) is 20.1 Å². The maximum atomic E-state index is 12.8. The number of aryl methyl sites for hydroxylation is 1. The average molecular weight is 456 g/mol. The lowest BCUT2D eigenvalue weighted by atomic mass is 9.97. The van der Waals surface area contributed by atoms with E-state index in [4.69, 9.17) is 0 Å². The number of aliphatic hydroxyl groups excluding tert-OH is 1. The van der Waals surface area contributed by atoms with Crippen molar-refractivity contribution in [2.45, 2.75) is 50.8 Å². The number of carbonyl (C=O) groups excluding carboxylic acids is 1. The summed E-state index contributed by atoms with van der Waals surface area (Å²) in [5.74, 6) is 0. The molecule has 3 N–H and O–H groups in total. The molecular weight excluding hydrogens is 430 g/mol. The van der Waals surface area contributed by atoms with E-state index in [0.717, 1.165) is 41.5 Å². The standard InChI is InChI=1S/C22H25N5O4S/c1-14(2)27-11-9-20(25-27)32(30,31)26-22(29)24-21-18-5-3-4-15(18)6-7-19(21)16-8-10-23-17(12-16)13-28/h6-12,14,28H,3-5,13H2,1-2H3,(H2,24,26,29). The number of carbonyl (C=O) groups is 1. The third kappa shape index (κ3) is 4.37. The van der Waals surface area contributed by atoms with Crippen LogP contribution in [0.2, 0.25) is 0 Å². The Morgan fingerprint density at radius 3 is 2.75 bits per heavy atom. The van der Waals surface area contributed by atoms with Gasteiger partial charge in [0.1, 0.15) is 0 Å². The summed E-state index contributed by atoms with van der Waals surface area (Å²) in [5, 5.41) is 16.0. The number of fused-ring (bicyclic) bond motifs is 1. The van der Waals surface area contributed by atoms with Crippen molar-refractivity contribution >= 4 is 21.7 Å². The number of pyridine rings is 1. The first-order valence-corrected chi connectivity index (χ1v) is 11.9. The van der Waals surface area contributed by atoms with E-state index in [1.807, 2.05) is 26.0 Å². The van der Waals surface area contributed by atoms with E-state index in [9.17, 15) is 18.3 Å². The first-order chi connectivity index (χ1) is 15.3. The monoisotopic (exact) mass is 455 g/mol. The Morgan fingerprint density at radius 1 is 1.22 bits per heavy atom. The summed E-state index contributed by atoms with van der Waals surface area (Å²) in [4.78, 5) is 16.9. The molecular formula is C22H25N5O4S. The second-order valence-corrected chi connectivity index (χ2v) is 9.59. The van der Waals surface area contributed by atoms with Crippen molar-refractivity contribution in [2.75, 3.05) is 5.32 Å². The third-order valence-electron chi connectivity index (χ3n) is 5.43. The number of urea groups is 1. The van der Waals surface area contributed by atoms with Gasteiger partial charge in [0, 0.05) is 24.0 Å². The van der Waals surface area contributed by atoms with Gasteiger partial charge in [-0.25, -0.2) is 9.52 Å². The summed E-state index contributed by atoms with van der Waals surface area (Å²) in [5.41, 5.74) is 4.68. The summed E-state index contributed by atoms with van der Waals surface area (Å²) < 4.78 is 28.9. The minimum Gasteiger partial charge on any atom is -0.390 e. The molecule has 0 saturated carbocycles. The zero-order valence-electron chi connectivity index (χ0n) is 17.9. The number of sulfonamides is 1. The van der Waals surface area contributed by atoms with Crippen LogP contribution in [0.15, 0.2) is 47.8 Å². The molecule has 1 aliphatic rings. The van der Waals surface area contributed by atoms with Crippen molar-refractivity contribution in [3.63, 3.8) is 0 Å². The number of hydrogen-bond acceptors (Lipinski definition) is 6. The van der Waals surface area contributed by atoms with Crippen LogP contribution >= 0.6 is 0 Å². The molecule has 1 aromatic carbocycles. The molecule has 32 heavy (non-hydrogen) atoms. The molecule has 2 heterocycles. The molecule has 2 aromatic heterocycles. The van der Waals surface area contributed by atoms with Gasteiger partial charge in [-0.2, -0.15) is 13.5 Å². The van der Waals surface area contributed by atoms with Gasteiger partial charge in [0.2, 0.25) is 0 Å². The highest BCUT2D eigenvalue weighted by Crippen LogP contribution is 2.37. The Balaban J connectivity index is 1.64.